The molecule has 1 aliphatic carbocycles. The first-order valence-electron chi connectivity index (χ1n) is 9.55. The van der Waals surface area contributed by atoms with E-state index in [1.807, 2.05) is 6.07 Å². The standard InChI is InChI=1S/C21H20FN3O2/c22-17-14(13-8-16-18(23-9-13)24-10-20(16)4-5-20)2-1-3-15(17)19(26)25-7-6-21(25)11-27-12-21/h1-3,8-9H,4-7,10-12H2,(H,23,24). The van der Waals surface area contributed by atoms with Crippen LogP contribution in [0.5, 0.6) is 0 Å². The van der Waals surface area contributed by atoms with Crippen LogP contribution in [0.4, 0.5) is 10.2 Å². The van der Waals surface area contributed by atoms with Crippen LogP contribution < -0.4 is 5.32 Å². The molecule has 3 aliphatic heterocycles. The third-order valence-corrected chi connectivity index (χ3v) is 6.81. The van der Waals surface area contributed by atoms with Crippen molar-refractivity contribution in [2.45, 2.75) is 30.2 Å². The van der Waals surface area contributed by atoms with Gasteiger partial charge in [-0.25, -0.2) is 9.37 Å². The number of carbonyl (C=O) groups excluding carboxylic acids is 1. The highest BCUT2D eigenvalue weighted by Gasteiger charge is 2.53. The number of carbonyl (C=O) groups is 1. The fourth-order valence-electron chi connectivity index (χ4n) is 4.66. The van der Waals surface area contributed by atoms with Gasteiger partial charge >= 0.3 is 0 Å². The molecule has 3 fully saturated rings. The quantitative estimate of drug-likeness (QED) is 0.889. The number of hydrogen-bond acceptors (Lipinski definition) is 4. The summed E-state index contributed by atoms with van der Waals surface area (Å²) in [5.41, 5.74) is 2.50. The molecular weight excluding hydrogens is 345 g/mol. The molecule has 138 valence electrons. The van der Waals surface area contributed by atoms with Crippen LogP contribution in [0.25, 0.3) is 11.1 Å². The van der Waals surface area contributed by atoms with Gasteiger partial charge in [-0.2, -0.15) is 0 Å². The summed E-state index contributed by atoms with van der Waals surface area (Å²) < 4.78 is 20.6. The van der Waals surface area contributed by atoms with Gasteiger partial charge in [0.15, 0.2) is 0 Å². The first-order chi connectivity index (χ1) is 13.1. The molecule has 4 aliphatic rings. The summed E-state index contributed by atoms with van der Waals surface area (Å²) in [5, 5.41) is 3.35. The second-order valence-electron chi connectivity index (χ2n) is 8.35. The Morgan fingerprint density at radius 2 is 2.11 bits per heavy atom. The predicted molar refractivity (Wildman–Crippen MR) is 98.2 cm³/mol. The zero-order valence-corrected chi connectivity index (χ0v) is 14.9. The number of benzene rings is 1. The highest BCUT2D eigenvalue weighted by atomic mass is 19.1. The van der Waals surface area contributed by atoms with Gasteiger partial charge in [-0.05, 0) is 31.4 Å². The van der Waals surface area contributed by atoms with Crippen molar-refractivity contribution >= 4 is 11.7 Å². The summed E-state index contributed by atoms with van der Waals surface area (Å²) >= 11 is 0. The number of aromatic nitrogens is 1. The molecule has 6 heteroatoms. The van der Waals surface area contributed by atoms with Crippen LogP contribution in [0.15, 0.2) is 30.5 Å². The van der Waals surface area contributed by atoms with Gasteiger partial charge in [0.05, 0.1) is 24.3 Å². The number of ether oxygens (including phenoxy) is 1. The maximum absolute atomic E-state index is 15.3. The first-order valence-corrected chi connectivity index (χ1v) is 9.55. The number of fused-ring (bicyclic) bond motifs is 2. The molecule has 6 rings (SSSR count). The topological polar surface area (TPSA) is 54.5 Å². The van der Waals surface area contributed by atoms with E-state index in [-0.39, 0.29) is 22.4 Å². The summed E-state index contributed by atoms with van der Waals surface area (Å²) in [4.78, 5) is 19.2. The lowest BCUT2D eigenvalue weighted by Crippen LogP contribution is -2.72. The Balaban J connectivity index is 1.38. The minimum absolute atomic E-state index is 0.137. The van der Waals surface area contributed by atoms with E-state index < -0.39 is 5.82 Å². The van der Waals surface area contributed by atoms with E-state index >= 15 is 4.39 Å². The van der Waals surface area contributed by atoms with Crippen LogP contribution >= 0.6 is 0 Å². The fourth-order valence-corrected chi connectivity index (χ4v) is 4.66. The number of likely N-dealkylation sites (tertiary alicyclic amines) is 1. The van der Waals surface area contributed by atoms with Crippen LogP contribution in [0.1, 0.15) is 35.2 Å². The summed E-state index contributed by atoms with van der Waals surface area (Å²) in [6, 6.07) is 7.12. The zero-order valence-electron chi connectivity index (χ0n) is 14.9. The van der Waals surface area contributed by atoms with Crippen molar-refractivity contribution < 1.29 is 13.9 Å². The number of anilines is 1. The molecule has 0 bridgehead atoms. The minimum Gasteiger partial charge on any atom is -0.376 e. The van der Waals surface area contributed by atoms with Gasteiger partial charge in [0.1, 0.15) is 11.6 Å². The SMILES string of the molecule is O=C(c1cccc(-c2cnc3c(c2)C2(CC2)CN3)c1F)N1CCC12COC2. The highest BCUT2D eigenvalue weighted by molar-refractivity contribution is 5.97. The Morgan fingerprint density at radius 1 is 1.26 bits per heavy atom. The Hall–Kier alpha value is -2.47. The number of rotatable bonds is 2. The number of amides is 1. The van der Waals surface area contributed by atoms with Crippen molar-refractivity contribution in [3.8, 4) is 11.1 Å². The third-order valence-electron chi connectivity index (χ3n) is 6.81. The Labute approximate surface area is 156 Å². The average molecular weight is 365 g/mol. The van der Waals surface area contributed by atoms with Gasteiger partial charge < -0.3 is 15.0 Å². The maximum Gasteiger partial charge on any atom is 0.257 e. The van der Waals surface area contributed by atoms with Gasteiger partial charge in [0, 0.05) is 41.4 Å². The van der Waals surface area contributed by atoms with Gasteiger partial charge in [0.2, 0.25) is 0 Å². The molecule has 0 unspecified atom stereocenters. The number of hydrogen-bond donors (Lipinski definition) is 1. The Bertz CT molecular complexity index is 976. The molecule has 2 aromatic rings. The summed E-state index contributed by atoms with van der Waals surface area (Å²) in [6.07, 6.45) is 4.94. The van der Waals surface area contributed by atoms with Crippen LogP contribution in [-0.2, 0) is 10.2 Å². The molecule has 1 aromatic heterocycles. The van der Waals surface area contributed by atoms with Crippen LogP contribution in [0.2, 0.25) is 0 Å². The van der Waals surface area contributed by atoms with Gasteiger partial charge in [-0.3, -0.25) is 4.79 Å². The number of pyridine rings is 1. The molecule has 2 spiro atoms. The molecule has 4 heterocycles. The number of halogens is 1. The number of nitrogens with one attached hydrogen (secondary N) is 1. The fraction of sp³-hybridized carbons (Fsp3) is 0.429. The van der Waals surface area contributed by atoms with Crippen molar-refractivity contribution in [1.82, 2.24) is 9.88 Å². The monoisotopic (exact) mass is 365 g/mol. The predicted octanol–water partition coefficient (Wildman–Crippen LogP) is 2.96. The molecule has 1 N–H and O–H groups in total. The lowest BCUT2D eigenvalue weighted by atomic mass is 9.82. The van der Waals surface area contributed by atoms with Crippen molar-refractivity contribution in [1.29, 1.82) is 0 Å². The van der Waals surface area contributed by atoms with Crippen LogP contribution in [-0.4, -0.2) is 47.6 Å². The van der Waals surface area contributed by atoms with Crippen molar-refractivity contribution in [2.75, 3.05) is 31.6 Å². The highest BCUT2D eigenvalue weighted by Crippen LogP contribution is 2.54. The van der Waals surface area contributed by atoms with Crippen LogP contribution in [0.3, 0.4) is 0 Å². The van der Waals surface area contributed by atoms with E-state index in [0.29, 0.717) is 25.3 Å². The summed E-state index contributed by atoms with van der Waals surface area (Å²) in [7, 11) is 0. The molecule has 0 radical (unpaired) electrons. The van der Waals surface area contributed by atoms with E-state index in [4.69, 9.17) is 4.74 Å². The largest absolute Gasteiger partial charge is 0.376 e. The first kappa shape index (κ1) is 15.6. The smallest absolute Gasteiger partial charge is 0.257 e. The van der Waals surface area contributed by atoms with E-state index in [0.717, 1.165) is 37.2 Å². The normalized spacial score (nSPS) is 22.8. The Kier molecular flexibility index (Phi) is 2.93. The molecule has 1 saturated carbocycles. The molecule has 1 aromatic carbocycles. The third kappa shape index (κ3) is 2.02. The van der Waals surface area contributed by atoms with Crippen LogP contribution in [0, 0.1) is 5.82 Å². The van der Waals surface area contributed by atoms with E-state index in [1.165, 1.54) is 5.56 Å². The second kappa shape index (κ2) is 5.07. The number of nitrogens with zero attached hydrogens (tertiary/aromatic N) is 2. The Morgan fingerprint density at radius 3 is 2.78 bits per heavy atom. The lowest BCUT2D eigenvalue weighted by Gasteiger charge is -2.57. The van der Waals surface area contributed by atoms with E-state index in [1.54, 1.807) is 29.3 Å². The molecule has 2 saturated heterocycles. The summed E-state index contributed by atoms with van der Waals surface area (Å²) in [6.45, 7) is 2.70. The molecular formula is C21H20FN3O2. The maximum atomic E-state index is 15.3. The summed E-state index contributed by atoms with van der Waals surface area (Å²) in [5.74, 6) is 0.220. The van der Waals surface area contributed by atoms with Crippen molar-refractivity contribution in [2.24, 2.45) is 0 Å². The second-order valence-corrected chi connectivity index (χ2v) is 8.35. The van der Waals surface area contributed by atoms with Gasteiger partial charge in [-0.1, -0.05) is 12.1 Å². The van der Waals surface area contributed by atoms with Gasteiger partial charge in [-0.15, -0.1) is 0 Å². The molecule has 27 heavy (non-hydrogen) atoms. The van der Waals surface area contributed by atoms with E-state index in [9.17, 15) is 4.79 Å². The van der Waals surface area contributed by atoms with Gasteiger partial charge in [0.25, 0.3) is 5.91 Å². The lowest BCUT2D eigenvalue weighted by molar-refractivity contribution is -0.172. The minimum atomic E-state index is -0.456. The van der Waals surface area contributed by atoms with Crippen molar-refractivity contribution in [3.05, 3.63) is 47.4 Å². The van der Waals surface area contributed by atoms with E-state index in [2.05, 4.69) is 10.3 Å². The van der Waals surface area contributed by atoms with Crippen molar-refractivity contribution in [3.63, 3.8) is 0 Å². The molecule has 5 nitrogen and oxygen atoms in total. The molecule has 0 atom stereocenters. The molecule has 1 amide bonds. The average Bonchev–Trinajstić information content (AvgIpc) is 3.30. The zero-order chi connectivity index (χ0) is 18.2.